The molecule has 0 aliphatic rings. The number of esters is 1. The highest BCUT2D eigenvalue weighted by Crippen LogP contribution is 2.15. The zero-order chi connectivity index (χ0) is 11.4. The lowest BCUT2D eigenvalue weighted by Crippen LogP contribution is -2.10. The van der Waals surface area contributed by atoms with Crippen LogP contribution >= 0.6 is 0 Å². The lowest BCUT2D eigenvalue weighted by molar-refractivity contribution is 0.0521. The van der Waals surface area contributed by atoms with Crippen molar-refractivity contribution in [3.05, 3.63) is 11.5 Å². The summed E-state index contributed by atoms with van der Waals surface area (Å²) in [7, 11) is 0. The molecule has 0 unspecified atom stereocenters. The van der Waals surface area contributed by atoms with E-state index in [4.69, 9.17) is 10.5 Å². The van der Waals surface area contributed by atoms with E-state index in [1.165, 1.54) is 0 Å². The van der Waals surface area contributed by atoms with Crippen molar-refractivity contribution in [2.45, 2.75) is 33.7 Å². The van der Waals surface area contributed by atoms with E-state index < -0.39 is 5.97 Å². The first-order valence-corrected chi connectivity index (χ1v) is 5.11. The second kappa shape index (κ2) is 4.82. The summed E-state index contributed by atoms with van der Waals surface area (Å²) in [6.45, 7) is 6.73. The van der Waals surface area contributed by atoms with Crippen molar-refractivity contribution >= 4 is 11.8 Å². The molecule has 0 saturated carbocycles. The fraction of sp³-hybridized carbons (Fsp3) is 0.600. The molecule has 1 heterocycles. The molecule has 2 N–H and O–H groups in total. The molecule has 5 heteroatoms. The van der Waals surface area contributed by atoms with Gasteiger partial charge in [-0.2, -0.15) is 0 Å². The van der Waals surface area contributed by atoms with Crippen LogP contribution in [0.2, 0.25) is 0 Å². The standard InChI is InChI=1S/C10H17N3O2/c1-4-6-13-7(3)12-8(9(13)11)10(14)15-5-2/h4-6,11H2,1-3H3. The van der Waals surface area contributed by atoms with E-state index in [0.717, 1.165) is 18.8 Å². The summed E-state index contributed by atoms with van der Waals surface area (Å²) in [6, 6.07) is 0. The number of rotatable bonds is 4. The minimum atomic E-state index is -0.451. The van der Waals surface area contributed by atoms with Crippen molar-refractivity contribution in [2.75, 3.05) is 12.3 Å². The molecule has 0 atom stereocenters. The molecular weight excluding hydrogens is 194 g/mol. The molecule has 1 aromatic rings. The van der Waals surface area contributed by atoms with E-state index >= 15 is 0 Å². The number of carbonyl (C=O) groups excluding carboxylic acids is 1. The van der Waals surface area contributed by atoms with Crippen LogP contribution in [0.15, 0.2) is 0 Å². The molecule has 0 aromatic carbocycles. The van der Waals surface area contributed by atoms with E-state index in [9.17, 15) is 4.79 Å². The second-order valence-electron chi connectivity index (χ2n) is 3.26. The molecule has 0 spiro atoms. The predicted octanol–water partition coefficient (Wildman–Crippen LogP) is 1.36. The van der Waals surface area contributed by atoms with E-state index in [0.29, 0.717) is 12.4 Å². The predicted molar refractivity (Wildman–Crippen MR) is 57.6 cm³/mol. The number of nitrogens with two attached hydrogens (primary N) is 1. The molecule has 0 amide bonds. The van der Waals surface area contributed by atoms with Crippen molar-refractivity contribution in [2.24, 2.45) is 0 Å². The number of hydrogen-bond donors (Lipinski definition) is 1. The minimum absolute atomic E-state index is 0.225. The molecule has 0 bridgehead atoms. The van der Waals surface area contributed by atoms with Gasteiger partial charge in [0.2, 0.25) is 0 Å². The van der Waals surface area contributed by atoms with Gasteiger partial charge in [0.1, 0.15) is 11.6 Å². The average molecular weight is 211 g/mol. The van der Waals surface area contributed by atoms with Crippen LogP contribution in [0.1, 0.15) is 36.6 Å². The fourth-order valence-electron chi connectivity index (χ4n) is 1.44. The monoisotopic (exact) mass is 211 g/mol. The summed E-state index contributed by atoms with van der Waals surface area (Å²) in [5, 5.41) is 0. The largest absolute Gasteiger partial charge is 0.461 e. The van der Waals surface area contributed by atoms with Crippen molar-refractivity contribution in [3.8, 4) is 0 Å². The summed E-state index contributed by atoms with van der Waals surface area (Å²) in [5.41, 5.74) is 6.05. The molecule has 1 rings (SSSR count). The quantitative estimate of drug-likeness (QED) is 0.763. The van der Waals surface area contributed by atoms with Gasteiger partial charge < -0.3 is 15.0 Å². The topological polar surface area (TPSA) is 70.1 Å². The van der Waals surface area contributed by atoms with Crippen LogP contribution in [-0.4, -0.2) is 22.1 Å². The highest BCUT2D eigenvalue weighted by molar-refractivity contribution is 5.92. The number of aryl methyl sites for hydroxylation is 1. The van der Waals surface area contributed by atoms with Gasteiger partial charge in [-0.25, -0.2) is 9.78 Å². The van der Waals surface area contributed by atoms with Gasteiger partial charge in [-0.1, -0.05) is 6.92 Å². The molecule has 0 aliphatic heterocycles. The van der Waals surface area contributed by atoms with Gasteiger partial charge in [0.25, 0.3) is 0 Å². The zero-order valence-electron chi connectivity index (χ0n) is 9.41. The van der Waals surface area contributed by atoms with E-state index in [2.05, 4.69) is 4.98 Å². The molecule has 5 nitrogen and oxygen atoms in total. The third kappa shape index (κ3) is 2.29. The summed E-state index contributed by atoms with van der Waals surface area (Å²) in [5.74, 6) is 0.693. The van der Waals surface area contributed by atoms with Crippen molar-refractivity contribution in [1.82, 2.24) is 9.55 Å². The maximum Gasteiger partial charge on any atom is 0.360 e. The van der Waals surface area contributed by atoms with Crippen LogP contribution in [0.25, 0.3) is 0 Å². The van der Waals surface area contributed by atoms with Crippen LogP contribution in [0.3, 0.4) is 0 Å². The Balaban J connectivity index is 3.00. The second-order valence-corrected chi connectivity index (χ2v) is 3.26. The summed E-state index contributed by atoms with van der Waals surface area (Å²) in [4.78, 5) is 15.6. The Hall–Kier alpha value is -1.52. The van der Waals surface area contributed by atoms with Gasteiger partial charge in [0.15, 0.2) is 5.69 Å². The maximum atomic E-state index is 11.5. The van der Waals surface area contributed by atoms with Crippen molar-refractivity contribution in [3.63, 3.8) is 0 Å². The Kier molecular flexibility index (Phi) is 3.71. The number of imidazole rings is 1. The Bertz CT molecular complexity index is 358. The Morgan fingerprint density at radius 3 is 2.73 bits per heavy atom. The number of carbonyl (C=O) groups is 1. The first-order chi connectivity index (χ1) is 7.11. The third-order valence-electron chi connectivity index (χ3n) is 2.11. The summed E-state index contributed by atoms with van der Waals surface area (Å²) >= 11 is 0. The zero-order valence-corrected chi connectivity index (χ0v) is 9.41. The van der Waals surface area contributed by atoms with Crippen LogP contribution in [0.4, 0.5) is 5.82 Å². The lowest BCUT2D eigenvalue weighted by atomic mass is 10.4. The minimum Gasteiger partial charge on any atom is -0.461 e. The third-order valence-corrected chi connectivity index (χ3v) is 2.11. The molecule has 1 aromatic heterocycles. The Labute approximate surface area is 89.2 Å². The lowest BCUT2D eigenvalue weighted by Gasteiger charge is -2.04. The number of ether oxygens (including phenoxy) is 1. The first kappa shape index (κ1) is 11.6. The smallest absolute Gasteiger partial charge is 0.360 e. The Morgan fingerprint density at radius 1 is 1.53 bits per heavy atom. The highest BCUT2D eigenvalue weighted by atomic mass is 16.5. The number of nitrogen functional groups attached to an aromatic ring is 1. The van der Waals surface area contributed by atoms with Crippen LogP contribution < -0.4 is 5.73 Å². The molecular formula is C10H17N3O2. The average Bonchev–Trinajstić information content (AvgIpc) is 2.47. The van der Waals surface area contributed by atoms with Gasteiger partial charge >= 0.3 is 5.97 Å². The van der Waals surface area contributed by atoms with E-state index in [1.807, 2.05) is 18.4 Å². The first-order valence-electron chi connectivity index (χ1n) is 5.11. The number of anilines is 1. The van der Waals surface area contributed by atoms with Gasteiger partial charge in [0, 0.05) is 6.54 Å². The molecule has 0 aliphatic carbocycles. The summed E-state index contributed by atoms with van der Waals surface area (Å²) in [6.07, 6.45) is 0.948. The summed E-state index contributed by atoms with van der Waals surface area (Å²) < 4.78 is 6.69. The highest BCUT2D eigenvalue weighted by Gasteiger charge is 2.18. The number of hydrogen-bond acceptors (Lipinski definition) is 4. The Morgan fingerprint density at radius 2 is 2.20 bits per heavy atom. The number of nitrogens with zero attached hydrogens (tertiary/aromatic N) is 2. The SMILES string of the molecule is CCCn1c(C)nc(C(=O)OCC)c1N. The van der Waals surface area contributed by atoms with Crippen LogP contribution in [-0.2, 0) is 11.3 Å². The fourth-order valence-corrected chi connectivity index (χ4v) is 1.44. The van der Waals surface area contributed by atoms with Crippen molar-refractivity contribution < 1.29 is 9.53 Å². The maximum absolute atomic E-state index is 11.5. The van der Waals surface area contributed by atoms with Crippen LogP contribution in [0, 0.1) is 6.92 Å². The van der Waals surface area contributed by atoms with Gasteiger partial charge in [-0.05, 0) is 20.3 Å². The van der Waals surface area contributed by atoms with E-state index in [1.54, 1.807) is 6.92 Å². The molecule has 0 saturated heterocycles. The molecule has 15 heavy (non-hydrogen) atoms. The molecule has 0 fully saturated rings. The number of aromatic nitrogens is 2. The van der Waals surface area contributed by atoms with Crippen molar-refractivity contribution in [1.29, 1.82) is 0 Å². The van der Waals surface area contributed by atoms with Crippen LogP contribution in [0.5, 0.6) is 0 Å². The van der Waals surface area contributed by atoms with Gasteiger partial charge in [-0.15, -0.1) is 0 Å². The normalized spacial score (nSPS) is 10.3. The molecule has 84 valence electrons. The van der Waals surface area contributed by atoms with Gasteiger partial charge in [0.05, 0.1) is 6.61 Å². The van der Waals surface area contributed by atoms with Gasteiger partial charge in [-0.3, -0.25) is 0 Å². The molecule has 0 radical (unpaired) electrons. The van der Waals surface area contributed by atoms with E-state index in [-0.39, 0.29) is 5.69 Å².